The van der Waals surface area contributed by atoms with E-state index in [1.165, 1.54) is 26.4 Å². The largest absolute Gasteiger partial charge is 0.467 e. The molecule has 94 valence electrons. The molecular formula is C10H16N4O2S. The molecule has 1 N–H and O–H groups in total. The summed E-state index contributed by atoms with van der Waals surface area (Å²) in [4.78, 5) is 12.2. The van der Waals surface area contributed by atoms with Crippen LogP contribution in [-0.2, 0) is 0 Å². The molecule has 0 saturated carbocycles. The van der Waals surface area contributed by atoms with E-state index in [1.807, 2.05) is 11.8 Å². The number of methoxy groups -OCH3 is 2. The van der Waals surface area contributed by atoms with Crippen LogP contribution in [0.4, 0.5) is 5.95 Å². The standard InChI is InChI=1S/C10H16N4O2S/c1-15-9-12-8(13-10(14-9)16-2)11-7-4-3-5-17-6-7/h7H,3-6H2,1-2H3,(H,11,12,13,14). The molecule has 17 heavy (non-hydrogen) atoms. The first-order valence-corrected chi connectivity index (χ1v) is 6.65. The number of ether oxygens (including phenoxy) is 2. The Bertz CT molecular complexity index is 349. The second-order valence-electron chi connectivity index (χ2n) is 3.69. The lowest BCUT2D eigenvalue weighted by Crippen LogP contribution is -2.27. The van der Waals surface area contributed by atoms with Gasteiger partial charge < -0.3 is 14.8 Å². The summed E-state index contributed by atoms with van der Waals surface area (Å²) in [5.41, 5.74) is 0. The highest BCUT2D eigenvalue weighted by molar-refractivity contribution is 7.99. The summed E-state index contributed by atoms with van der Waals surface area (Å²) < 4.78 is 10.00. The molecule has 1 saturated heterocycles. The molecule has 1 unspecified atom stereocenters. The third-order valence-electron chi connectivity index (χ3n) is 2.45. The first-order valence-electron chi connectivity index (χ1n) is 5.50. The van der Waals surface area contributed by atoms with E-state index in [0.29, 0.717) is 12.0 Å². The monoisotopic (exact) mass is 256 g/mol. The fraction of sp³-hybridized carbons (Fsp3) is 0.700. The lowest BCUT2D eigenvalue weighted by Gasteiger charge is -2.22. The Hall–Kier alpha value is -1.24. The summed E-state index contributed by atoms with van der Waals surface area (Å²) in [6, 6.07) is 0.941. The Morgan fingerprint density at radius 1 is 1.18 bits per heavy atom. The van der Waals surface area contributed by atoms with Crippen LogP contribution in [0.5, 0.6) is 12.0 Å². The highest BCUT2D eigenvalue weighted by Gasteiger charge is 2.16. The molecule has 1 aliphatic rings. The average Bonchev–Trinajstić information content (AvgIpc) is 2.39. The maximum atomic E-state index is 5.00. The van der Waals surface area contributed by atoms with Crippen LogP contribution in [-0.4, -0.2) is 46.7 Å². The van der Waals surface area contributed by atoms with Crippen molar-refractivity contribution in [1.82, 2.24) is 15.0 Å². The predicted octanol–water partition coefficient (Wildman–Crippen LogP) is 1.20. The Morgan fingerprint density at radius 3 is 2.41 bits per heavy atom. The molecule has 0 aliphatic carbocycles. The fourth-order valence-corrected chi connectivity index (χ4v) is 2.69. The van der Waals surface area contributed by atoms with Gasteiger partial charge in [-0.15, -0.1) is 4.98 Å². The van der Waals surface area contributed by atoms with Crippen molar-refractivity contribution in [2.24, 2.45) is 0 Å². The van der Waals surface area contributed by atoms with Gasteiger partial charge in [-0.25, -0.2) is 0 Å². The van der Waals surface area contributed by atoms with E-state index < -0.39 is 0 Å². The zero-order valence-electron chi connectivity index (χ0n) is 9.97. The van der Waals surface area contributed by atoms with Crippen molar-refractivity contribution in [1.29, 1.82) is 0 Å². The highest BCUT2D eigenvalue weighted by Crippen LogP contribution is 2.20. The van der Waals surface area contributed by atoms with E-state index in [-0.39, 0.29) is 12.0 Å². The molecule has 2 rings (SSSR count). The molecule has 1 aromatic heterocycles. The Balaban J connectivity index is 2.07. The molecule has 2 heterocycles. The molecular weight excluding hydrogens is 240 g/mol. The molecule has 0 bridgehead atoms. The minimum absolute atomic E-state index is 0.266. The molecule has 0 aromatic carbocycles. The number of hydrogen-bond donors (Lipinski definition) is 1. The first-order chi connectivity index (χ1) is 8.31. The predicted molar refractivity (Wildman–Crippen MR) is 66.9 cm³/mol. The first kappa shape index (κ1) is 12.2. The maximum Gasteiger partial charge on any atom is 0.324 e. The fourth-order valence-electron chi connectivity index (χ4n) is 1.62. The summed E-state index contributed by atoms with van der Waals surface area (Å²) in [5.74, 6) is 2.83. The van der Waals surface area contributed by atoms with Crippen LogP contribution in [0.25, 0.3) is 0 Å². The topological polar surface area (TPSA) is 69.2 Å². The Kier molecular flexibility index (Phi) is 4.24. The number of rotatable bonds is 4. The van der Waals surface area contributed by atoms with Gasteiger partial charge in [-0.1, -0.05) is 0 Å². The van der Waals surface area contributed by atoms with Crippen LogP contribution in [0.1, 0.15) is 12.8 Å². The lowest BCUT2D eigenvalue weighted by atomic mass is 10.2. The van der Waals surface area contributed by atoms with Gasteiger partial charge in [0.25, 0.3) is 0 Å². The van der Waals surface area contributed by atoms with Gasteiger partial charge in [0.05, 0.1) is 14.2 Å². The summed E-state index contributed by atoms with van der Waals surface area (Å²) >= 11 is 1.95. The van der Waals surface area contributed by atoms with Crippen LogP contribution in [0, 0.1) is 0 Å². The van der Waals surface area contributed by atoms with E-state index in [0.717, 1.165) is 12.2 Å². The van der Waals surface area contributed by atoms with Crippen molar-refractivity contribution in [3.05, 3.63) is 0 Å². The smallest absolute Gasteiger partial charge is 0.324 e. The van der Waals surface area contributed by atoms with Crippen molar-refractivity contribution in [2.45, 2.75) is 18.9 Å². The minimum Gasteiger partial charge on any atom is -0.467 e. The SMILES string of the molecule is COc1nc(NC2CCCSC2)nc(OC)n1. The molecule has 0 amide bonds. The summed E-state index contributed by atoms with van der Waals surface area (Å²) in [7, 11) is 3.05. The highest BCUT2D eigenvalue weighted by atomic mass is 32.2. The van der Waals surface area contributed by atoms with Gasteiger partial charge in [0.1, 0.15) is 0 Å². The van der Waals surface area contributed by atoms with E-state index in [2.05, 4.69) is 20.3 Å². The van der Waals surface area contributed by atoms with E-state index in [9.17, 15) is 0 Å². The van der Waals surface area contributed by atoms with Gasteiger partial charge in [-0.05, 0) is 18.6 Å². The van der Waals surface area contributed by atoms with Gasteiger partial charge in [0.2, 0.25) is 5.95 Å². The minimum atomic E-state index is 0.266. The molecule has 1 atom stereocenters. The number of nitrogens with zero attached hydrogens (tertiary/aromatic N) is 3. The molecule has 0 spiro atoms. The molecule has 0 radical (unpaired) electrons. The number of nitrogens with one attached hydrogen (secondary N) is 1. The van der Waals surface area contributed by atoms with Crippen molar-refractivity contribution in [2.75, 3.05) is 31.0 Å². The van der Waals surface area contributed by atoms with Crippen molar-refractivity contribution >= 4 is 17.7 Å². The van der Waals surface area contributed by atoms with Crippen LogP contribution < -0.4 is 14.8 Å². The van der Waals surface area contributed by atoms with Gasteiger partial charge >= 0.3 is 12.0 Å². The third kappa shape index (κ3) is 3.36. The second kappa shape index (κ2) is 5.90. The van der Waals surface area contributed by atoms with E-state index in [4.69, 9.17) is 9.47 Å². The molecule has 1 aliphatic heterocycles. The van der Waals surface area contributed by atoms with Gasteiger partial charge in [-0.3, -0.25) is 0 Å². The number of aromatic nitrogens is 3. The summed E-state index contributed by atoms with van der Waals surface area (Å²) in [6.45, 7) is 0. The maximum absolute atomic E-state index is 5.00. The van der Waals surface area contributed by atoms with Crippen molar-refractivity contribution < 1.29 is 9.47 Å². The van der Waals surface area contributed by atoms with Crippen LogP contribution in [0.3, 0.4) is 0 Å². The van der Waals surface area contributed by atoms with E-state index in [1.54, 1.807) is 0 Å². The van der Waals surface area contributed by atoms with Gasteiger partial charge in [0, 0.05) is 11.8 Å². The van der Waals surface area contributed by atoms with Crippen LogP contribution >= 0.6 is 11.8 Å². The van der Waals surface area contributed by atoms with E-state index >= 15 is 0 Å². The molecule has 6 nitrogen and oxygen atoms in total. The second-order valence-corrected chi connectivity index (χ2v) is 4.84. The summed E-state index contributed by atoms with van der Waals surface area (Å²) in [6.07, 6.45) is 2.37. The Morgan fingerprint density at radius 2 is 1.88 bits per heavy atom. The van der Waals surface area contributed by atoms with Crippen LogP contribution in [0.15, 0.2) is 0 Å². The van der Waals surface area contributed by atoms with Crippen molar-refractivity contribution in [3.8, 4) is 12.0 Å². The molecule has 1 fully saturated rings. The third-order valence-corrected chi connectivity index (χ3v) is 3.67. The molecule has 7 heteroatoms. The zero-order chi connectivity index (χ0) is 12.1. The van der Waals surface area contributed by atoms with Crippen molar-refractivity contribution in [3.63, 3.8) is 0 Å². The summed E-state index contributed by atoms with van der Waals surface area (Å²) in [5, 5.41) is 3.29. The normalized spacial score (nSPS) is 19.8. The zero-order valence-corrected chi connectivity index (χ0v) is 10.8. The number of anilines is 1. The Labute approximate surface area is 105 Å². The van der Waals surface area contributed by atoms with Gasteiger partial charge in [0.15, 0.2) is 0 Å². The molecule has 1 aromatic rings. The average molecular weight is 256 g/mol. The number of thioether (sulfide) groups is 1. The quantitative estimate of drug-likeness (QED) is 0.867. The van der Waals surface area contributed by atoms with Gasteiger partial charge in [-0.2, -0.15) is 21.7 Å². The lowest BCUT2D eigenvalue weighted by molar-refractivity contribution is 0.341. The van der Waals surface area contributed by atoms with Crippen LogP contribution in [0.2, 0.25) is 0 Å². The number of hydrogen-bond acceptors (Lipinski definition) is 7.